The number of amides is 1. The molecule has 0 N–H and O–H groups in total. The minimum absolute atomic E-state index is 0.0361. The van der Waals surface area contributed by atoms with Gasteiger partial charge in [-0.05, 0) is 42.3 Å². The number of hydrogen-bond acceptors (Lipinski definition) is 6. The molecule has 2 aromatic rings. The Labute approximate surface area is 172 Å². The number of unbranched alkanes of at least 4 members (excludes halogenated alkanes) is 1. The highest BCUT2D eigenvalue weighted by Gasteiger charge is 2.33. The van der Waals surface area contributed by atoms with E-state index in [0.29, 0.717) is 21.5 Å². The molecule has 144 valence electrons. The van der Waals surface area contributed by atoms with Crippen LogP contribution in [0.15, 0.2) is 53.4 Å². The molecule has 1 amide bonds. The van der Waals surface area contributed by atoms with Crippen LogP contribution in [0.3, 0.4) is 0 Å². The fourth-order valence-electron chi connectivity index (χ4n) is 2.56. The molecule has 2 aromatic carbocycles. The Hall–Kier alpha value is -2.71. The molecule has 1 aliphatic rings. The highest BCUT2D eigenvalue weighted by Crippen LogP contribution is 2.36. The number of carbonyl (C=O) groups is 1. The highest BCUT2D eigenvalue weighted by atomic mass is 32.2. The van der Waals surface area contributed by atoms with E-state index in [2.05, 4.69) is 6.92 Å². The first kappa shape index (κ1) is 20.0. The Morgan fingerprint density at radius 1 is 1.18 bits per heavy atom. The number of thioether (sulfide) groups is 1. The highest BCUT2D eigenvalue weighted by molar-refractivity contribution is 8.27. The summed E-state index contributed by atoms with van der Waals surface area (Å²) in [6.45, 7) is 2.79. The van der Waals surface area contributed by atoms with Crippen molar-refractivity contribution in [3.8, 4) is 5.75 Å². The van der Waals surface area contributed by atoms with E-state index in [9.17, 15) is 14.9 Å². The molecule has 1 aliphatic heterocycles. The minimum Gasteiger partial charge on any atom is -0.494 e. The molecule has 0 aromatic heterocycles. The lowest BCUT2D eigenvalue weighted by Crippen LogP contribution is -2.27. The number of hydrogen-bond donors (Lipinski definition) is 0. The number of thiocarbonyl (C=S) groups is 1. The molecular weight excluding hydrogens is 396 g/mol. The Morgan fingerprint density at radius 2 is 1.86 bits per heavy atom. The number of anilines is 1. The van der Waals surface area contributed by atoms with Crippen molar-refractivity contribution in [1.29, 1.82) is 0 Å². The molecule has 0 aliphatic carbocycles. The third-order valence-corrected chi connectivity index (χ3v) is 5.36. The van der Waals surface area contributed by atoms with Gasteiger partial charge in [-0.1, -0.05) is 49.5 Å². The van der Waals surface area contributed by atoms with Gasteiger partial charge in [0.1, 0.15) is 5.75 Å². The van der Waals surface area contributed by atoms with Crippen LogP contribution < -0.4 is 9.64 Å². The fourth-order valence-corrected chi connectivity index (χ4v) is 3.86. The maximum Gasteiger partial charge on any atom is 0.270 e. The molecule has 0 unspecified atom stereocenters. The number of nitro benzene ring substituents is 1. The lowest BCUT2D eigenvalue weighted by molar-refractivity contribution is -0.384. The van der Waals surface area contributed by atoms with Crippen LogP contribution in [-0.4, -0.2) is 21.8 Å². The first-order valence-corrected chi connectivity index (χ1v) is 9.97. The van der Waals surface area contributed by atoms with E-state index in [1.54, 1.807) is 6.08 Å². The molecule has 0 bridgehead atoms. The molecule has 0 saturated carbocycles. The first-order chi connectivity index (χ1) is 13.5. The first-order valence-electron chi connectivity index (χ1n) is 8.75. The van der Waals surface area contributed by atoms with Crippen molar-refractivity contribution in [2.75, 3.05) is 11.5 Å². The van der Waals surface area contributed by atoms with E-state index in [1.807, 2.05) is 24.3 Å². The van der Waals surface area contributed by atoms with Gasteiger partial charge in [0.05, 0.1) is 22.1 Å². The van der Waals surface area contributed by atoms with Crippen molar-refractivity contribution in [2.45, 2.75) is 19.8 Å². The van der Waals surface area contributed by atoms with E-state index in [-0.39, 0.29) is 11.6 Å². The summed E-state index contributed by atoms with van der Waals surface area (Å²) in [4.78, 5) is 25.0. The lowest BCUT2D eigenvalue weighted by atomic mass is 10.2. The van der Waals surface area contributed by atoms with E-state index in [0.717, 1.165) is 24.2 Å². The summed E-state index contributed by atoms with van der Waals surface area (Å²) in [5.41, 5.74) is 1.34. The molecule has 1 heterocycles. The third-order valence-electron chi connectivity index (χ3n) is 4.06. The zero-order valence-electron chi connectivity index (χ0n) is 15.2. The summed E-state index contributed by atoms with van der Waals surface area (Å²) in [5.74, 6) is 0.552. The summed E-state index contributed by atoms with van der Waals surface area (Å²) >= 11 is 6.54. The fraction of sp³-hybridized carbons (Fsp3) is 0.200. The van der Waals surface area contributed by atoms with Gasteiger partial charge in [0.2, 0.25) is 0 Å². The summed E-state index contributed by atoms with van der Waals surface area (Å²) in [6.07, 6.45) is 3.86. The number of rotatable bonds is 7. The minimum atomic E-state index is -0.483. The summed E-state index contributed by atoms with van der Waals surface area (Å²) in [5, 5.41) is 10.8. The number of non-ortho nitro benzene ring substituents is 1. The topological polar surface area (TPSA) is 72.7 Å². The van der Waals surface area contributed by atoms with Gasteiger partial charge in [-0.15, -0.1) is 0 Å². The van der Waals surface area contributed by atoms with Gasteiger partial charge in [0.25, 0.3) is 11.6 Å². The molecule has 28 heavy (non-hydrogen) atoms. The van der Waals surface area contributed by atoms with Crippen molar-refractivity contribution < 1.29 is 14.5 Å². The summed E-state index contributed by atoms with van der Waals surface area (Å²) in [7, 11) is 0. The second-order valence-corrected chi connectivity index (χ2v) is 7.74. The zero-order chi connectivity index (χ0) is 20.1. The summed E-state index contributed by atoms with van der Waals surface area (Å²) in [6, 6.07) is 13.3. The van der Waals surface area contributed by atoms with E-state index >= 15 is 0 Å². The Balaban J connectivity index is 1.74. The van der Waals surface area contributed by atoms with Crippen molar-refractivity contribution in [3.05, 3.63) is 69.1 Å². The van der Waals surface area contributed by atoms with Gasteiger partial charge < -0.3 is 4.74 Å². The van der Waals surface area contributed by atoms with Gasteiger partial charge in [-0.2, -0.15) is 0 Å². The molecular formula is C20H18N2O4S2. The Kier molecular flexibility index (Phi) is 6.43. The maximum atomic E-state index is 12.8. The number of ether oxygens (including phenoxy) is 1. The monoisotopic (exact) mass is 414 g/mol. The van der Waals surface area contributed by atoms with Crippen LogP contribution in [0.25, 0.3) is 6.08 Å². The standard InChI is InChI=1S/C20H18N2O4S2/c1-2-3-12-26-17-10-4-14(5-11-17)13-18-19(23)21(20(27)28-18)15-6-8-16(9-7-15)22(24)25/h4-11,13H,2-3,12H2,1H3/b18-13+. The number of nitro groups is 1. The Morgan fingerprint density at radius 3 is 2.46 bits per heavy atom. The van der Waals surface area contributed by atoms with Crippen LogP contribution in [-0.2, 0) is 4.79 Å². The maximum absolute atomic E-state index is 12.8. The van der Waals surface area contributed by atoms with Crippen LogP contribution in [0.1, 0.15) is 25.3 Å². The predicted octanol–water partition coefficient (Wildman–Crippen LogP) is 5.18. The molecule has 0 radical (unpaired) electrons. The smallest absolute Gasteiger partial charge is 0.270 e. The van der Waals surface area contributed by atoms with E-state index < -0.39 is 4.92 Å². The van der Waals surface area contributed by atoms with E-state index in [1.165, 1.54) is 40.9 Å². The molecule has 0 atom stereocenters. The molecule has 8 heteroatoms. The van der Waals surface area contributed by atoms with Crippen LogP contribution in [0.4, 0.5) is 11.4 Å². The third kappa shape index (κ3) is 4.58. The van der Waals surface area contributed by atoms with Gasteiger partial charge >= 0.3 is 0 Å². The predicted molar refractivity (Wildman–Crippen MR) is 116 cm³/mol. The average Bonchev–Trinajstić information content (AvgIpc) is 2.96. The zero-order valence-corrected chi connectivity index (χ0v) is 16.8. The van der Waals surface area contributed by atoms with Crippen LogP contribution in [0.2, 0.25) is 0 Å². The quantitative estimate of drug-likeness (QED) is 0.204. The number of nitrogens with zero attached hydrogens (tertiary/aromatic N) is 2. The van der Waals surface area contributed by atoms with Crippen molar-refractivity contribution in [3.63, 3.8) is 0 Å². The second kappa shape index (κ2) is 8.99. The molecule has 1 fully saturated rings. The van der Waals surface area contributed by atoms with Crippen molar-refractivity contribution in [1.82, 2.24) is 0 Å². The molecule has 6 nitrogen and oxygen atoms in total. The van der Waals surface area contributed by atoms with Gasteiger partial charge in [-0.3, -0.25) is 19.8 Å². The van der Waals surface area contributed by atoms with Crippen molar-refractivity contribution in [2.24, 2.45) is 0 Å². The van der Waals surface area contributed by atoms with Gasteiger partial charge in [0, 0.05) is 12.1 Å². The lowest BCUT2D eigenvalue weighted by Gasteiger charge is -2.13. The average molecular weight is 415 g/mol. The normalized spacial score (nSPS) is 15.3. The molecule has 1 saturated heterocycles. The molecule has 3 rings (SSSR count). The van der Waals surface area contributed by atoms with Crippen molar-refractivity contribution >= 4 is 51.7 Å². The van der Waals surface area contributed by atoms with Crippen LogP contribution in [0.5, 0.6) is 5.75 Å². The van der Waals surface area contributed by atoms with Gasteiger partial charge in [-0.25, -0.2) is 0 Å². The van der Waals surface area contributed by atoms with Crippen LogP contribution in [0, 0.1) is 10.1 Å². The SMILES string of the molecule is CCCCOc1ccc(/C=C2/SC(=S)N(c3ccc([N+](=O)[O-])cc3)C2=O)cc1. The van der Waals surface area contributed by atoms with Gasteiger partial charge in [0.15, 0.2) is 4.32 Å². The van der Waals surface area contributed by atoms with E-state index in [4.69, 9.17) is 17.0 Å². The second-order valence-electron chi connectivity index (χ2n) is 6.06. The molecule has 0 spiro atoms. The Bertz CT molecular complexity index is 924. The summed E-state index contributed by atoms with van der Waals surface area (Å²) < 4.78 is 6.03. The van der Waals surface area contributed by atoms with Crippen LogP contribution >= 0.6 is 24.0 Å². The largest absolute Gasteiger partial charge is 0.494 e. The number of benzene rings is 2. The number of carbonyl (C=O) groups excluding carboxylic acids is 1.